The number of amides is 1. The first-order valence-electron chi connectivity index (χ1n) is 11.8. The van der Waals surface area contributed by atoms with E-state index in [1.165, 1.54) is 17.5 Å². The Morgan fingerprint density at radius 2 is 1.88 bits per heavy atom. The van der Waals surface area contributed by atoms with Crippen molar-refractivity contribution in [2.75, 3.05) is 13.1 Å². The quantitative estimate of drug-likeness (QED) is 0.603. The van der Waals surface area contributed by atoms with Gasteiger partial charge in [0.05, 0.1) is 5.69 Å². The van der Waals surface area contributed by atoms with Gasteiger partial charge in [0.1, 0.15) is 5.84 Å². The number of nitrogens with two attached hydrogens (primary N) is 1. The Labute approximate surface area is 191 Å². The van der Waals surface area contributed by atoms with E-state index in [0.29, 0.717) is 24.2 Å². The van der Waals surface area contributed by atoms with Gasteiger partial charge < -0.3 is 16.0 Å². The number of hydrogen-bond acceptors (Lipinski definition) is 4. The molecule has 168 valence electrons. The summed E-state index contributed by atoms with van der Waals surface area (Å²) in [6.45, 7) is 6.53. The summed E-state index contributed by atoms with van der Waals surface area (Å²) in [4.78, 5) is 19.7. The van der Waals surface area contributed by atoms with Gasteiger partial charge in [-0.2, -0.15) is 0 Å². The molecule has 5 nitrogen and oxygen atoms in total. The maximum atomic E-state index is 13.1. The molecule has 1 aliphatic carbocycles. The molecule has 5 heteroatoms. The Morgan fingerprint density at radius 3 is 2.59 bits per heavy atom. The monoisotopic (exact) mass is 430 g/mol. The molecule has 0 saturated heterocycles. The van der Waals surface area contributed by atoms with E-state index in [1.54, 1.807) is 0 Å². The van der Waals surface area contributed by atoms with Crippen LogP contribution in [0.4, 0.5) is 5.69 Å². The van der Waals surface area contributed by atoms with Gasteiger partial charge in [0.15, 0.2) is 0 Å². The second-order valence-corrected chi connectivity index (χ2v) is 8.88. The third-order valence-corrected chi connectivity index (χ3v) is 6.20. The van der Waals surface area contributed by atoms with E-state index in [4.69, 9.17) is 5.73 Å². The predicted molar refractivity (Wildman–Crippen MR) is 132 cm³/mol. The van der Waals surface area contributed by atoms with E-state index in [-0.39, 0.29) is 5.91 Å². The van der Waals surface area contributed by atoms with Crippen LogP contribution in [0, 0.1) is 0 Å². The van der Waals surface area contributed by atoms with Gasteiger partial charge in [0.2, 0.25) is 5.91 Å². The van der Waals surface area contributed by atoms with Gasteiger partial charge in [-0.3, -0.25) is 4.79 Å². The Kier molecular flexibility index (Phi) is 7.05. The first kappa shape index (κ1) is 22.3. The normalized spacial score (nSPS) is 19.4. The lowest BCUT2D eigenvalue weighted by atomic mass is 10.0. The van der Waals surface area contributed by atoms with Gasteiger partial charge in [-0.15, -0.1) is 0 Å². The van der Waals surface area contributed by atoms with Crippen molar-refractivity contribution in [3.63, 3.8) is 0 Å². The number of hydrogen-bond donors (Lipinski definition) is 2. The van der Waals surface area contributed by atoms with Crippen LogP contribution < -0.4 is 11.1 Å². The molecule has 0 radical (unpaired) electrons. The zero-order valence-electron chi connectivity index (χ0n) is 19.2. The highest BCUT2D eigenvalue weighted by Crippen LogP contribution is 2.40. The third-order valence-electron chi connectivity index (χ3n) is 6.20. The molecule has 1 heterocycles. The minimum atomic E-state index is 0.0751. The smallest absolute Gasteiger partial charge is 0.250 e. The first-order chi connectivity index (χ1) is 15.6. The number of fused-ring (bicyclic) bond motifs is 1. The third kappa shape index (κ3) is 5.28. The molecule has 2 aliphatic rings. The van der Waals surface area contributed by atoms with Crippen molar-refractivity contribution in [2.24, 2.45) is 10.7 Å². The van der Waals surface area contributed by atoms with Gasteiger partial charge in [0, 0.05) is 49.2 Å². The maximum Gasteiger partial charge on any atom is 0.250 e. The molecule has 1 saturated carbocycles. The Morgan fingerprint density at radius 1 is 1.12 bits per heavy atom. The molecular weight excluding hydrogens is 396 g/mol. The first-order valence-corrected chi connectivity index (χ1v) is 11.8. The van der Waals surface area contributed by atoms with Crippen molar-refractivity contribution < 1.29 is 4.79 Å². The number of rotatable bonds is 9. The van der Waals surface area contributed by atoms with E-state index in [0.717, 1.165) is 49.3 Å². The highest BCUT2D eigenvalue weighted by molar-refractivity contribution is 6.05. The lowest BCUT2D eigenvalue weighted by Crippen LogP contribution is -2.34. The zero-order chi connectivity index (χ0) is 22.5. The summed E-state index contributed by atoms with van der Waals surface area (Å²) in [5.41, 5.74) is 11.3. The summed E-state index contributed by atoms with van der Waals surface area (Å²) in [6, 6.07) is 17.5. The topological polar surface area (TPSA) is 70.7 Å². The molecule has 1 unspecified atom stereocenters. The molecule has 32 heavy (non-hydrogen) atoms. The van der Waals surface area contributed by atoms with Crippen LogP contribution in [0.25, 0.3) is 6.08 Å². The van der Waals surface area contributed by atoms with Crippen molar-refractivity contribution in [1.29, 1.82) is 0 Å². The molecule has 0 bridgehead atoms. The van der Waals surface area contributed by atoms with Gasteiger partial charge in [-0.1, -0.05) is 56.3 Å². The lowest BCUT2D eigenvalue weighted by molar-refractivity contribution is -0.127. The fraction of sp³-hybridized carbons (Fsp3) is 0.407. The number of carbonyl (C=O) groups is 1. The van der Waals surface area contributed by atoms with Crippen molar-refractivity contribution in [3.05, 3.63) is 70.8 Å². The molecule has 4 rings (SSSR count). The second-order valence-electron chi connectivity index (χ2n) is 8.88. The van der Waals surface area contributed by atoms with Crippen LogP contribution in [0.15, 0.2) is 59.1 Å². The van der Waals surface area contributed by atoms with Crippen LogP contribution in [0.2, 0.25) is 0 Å². The number of carbonyl (C=O) groups excluding carboxylic acids is 1. The summed E-state index contributed by atoms with van der Waals surface area (Å²) < 4.78 is 0. The highest BCUT2D eigenvalue weighted by atomic mass is 16.2. The molecule has 3 N–H and O–H groups in total. The molecule has 2 atom stereocenters. The molecule has 2 aromatic carbocycles. The number of nitrogens with zero attached hydrogens (tertiary/aromatic N) is 2. The number of aliphatic imine (C=N–C) groups is 1. The molecule has 0 spiro atoms. The predicted octanol–water partition coefficient (Wildman–Crippen LogP) is 4.76. The molecular formula is C27H34N4O. The van der Waals surface area contributed by atoms with Gasteiger partial charge in [-0.05, 0) is 42.5 Å². The van der Waals surface area contributed by atoms with E-state index in [1.807, 2.05) is 11.0 Å². The van der Waals surface area contributed by atoms with Crippen LogP contribution >= 0.6 is 0 Å². The largest absolute Gasteiger partial charge is 0.387 e. The standard InChI is InChI=1S/C27H34N4O/c1-3-12-31(13-4-2)27(32)22-15-21-11-10-19(14-24(21)30-26(28)16-22)18-29-25-17-23(25)20-8-6-5-7-9-20/h5-11,14-15,23,25,29H,3-4,12-13,16-18H2,1-2H3,(H2,28,30)/t23?,25-/m0/s1. The van der Waals surface area contributed by atoms with Crippen molar-refractivity contribution in [3.8, 4) is 0 Å². The zero-order valence-corrected chi connectivity index (χ0v) is 19.2. The molecule has 2 aromatic rings. The Balaban J connectivity index is 1.45. The molecule has 1 aliphatic heterocycles. The van der Waals surface area contributed by atoms with E-state index < -0.39 is 0 Å². The Hall–Kier alpha value is -2.92. The average molecular weight is 431 g/mol. The van der Waals surface area contributed by atoms with E-state index >= 15 is 0 Å². The van der Waals surface area contributed by atoms with Crippen LogP contribution in [0.1, 0.15) is 62.1 Å². The molecule has 0 aromatic heterocycles. The van der Waals surface area contributed by atoms with Crippen LogP contribution in [-0.2, 0) is 11.3 Å². The average Bonchev–Trinajstić information content (AvgIpc) is 3.60. The summed E-state index contributed by atoms with van der Waals surface area (Å²) in [7, 11) is 0. The second kappa shape index (κ2) is 10.1. The summed E-state index contributed by atoms with van der Waals surface area (Å²) in [5, 5.41) is 3.67. The number of nitrogens with one attached hydrogen (secondary N) is 1. The minimum Gasteiger partial charge on any atom is -0.387 e. The van der Waals surface area contributed by atoms with Crippen LogP contribution in [0.3, 0.4) is 0 Å². The maximum absolute atomic E-state index is 13.1. The minimum absolute atomic E-state index is 0.0751. The fourth-order valence-electron chi connectivity index (χ4n) is 4.48. The Bertz CT molecular complexity index is 1010. The van der Waals surface area contributed by atoms with Gasteiger partial charge in [-0.25, -0.2) is 4.99 Å². The number of benzene rings is 2. The lowest BCUT2D eigenvalue weighted by Gasteiger charge is -2.22. The van der Waals surface area contributed by atoms with Crippen molar-refractivity contribution in [1.82, 2.24) is 10.2 Å². The van der Waals surface area contributed by atoms with E-state index in [9.17, 15) is 4.79 Å². The summed E-state index contributed by atoms with van der Waals surface area (Å²) in [5.74, 6) is 1.18. The number of amidine groups is 1. The highest BCUT2D eigenvalue weighted by Gasteiger charge is 2.37. The van der Waals surface area contributed by atoms with Crippen molar-refractivity contribution in [2.45, 2.75) is 58.0 Å². The van der Waals surface area contributed by atoms with E-state index in [2.05, 4.69) is 72.7 Å². The summed E-state index contributed by atoms with van der Waals surface area (Å²) >= 11 is 0. The molecule has 1 amide bonds. The van der Waals surface area contributed by atoms with Gasteiger partial charge >= 0.3 is 0 Å². The molecule has 1 fully saturated rings. The fourth-order valence-corrected chi connectivity index (χ4v) is 4.48. The van der Waals surface area contributed by atoms with Crippen molar-refractivity contribution >= 4 is 23.5 Å². The SMILES string of the molecule is CCCN(CCC)C(=O)C1=Cc2ccc(CN[C@H]3CC3c3ccccc3)cc2N=C(N)C1. The van der Waals surface area contributed by atoms with Gasteiger partial charge in [0.25, 0.3) is 0 Å². The van der Waals surface area contributed by atoms with Crippen LogP contribution in [0.5, 0.6) is 0 Å². The summed E-state index contributed by atoms with van der Waals surface area (Å²) in [6.07, 6.45) is 5.44. The van der Waals surface area contributed by atoms with Crippen LogP contribution in [-0.4, -0.2) is 35.8 Å².